The molecule has 1 amide bonds. The minimum absolute atomic E-state index is 0.142. The van der Waals surface area contributed by atoms with Gasteiger partial charge in [0.25, 0.3) is 5.91 Å². The van der Waals surface area contributed by atoms with Gasteiger partial charge in [-0.15, -0.1) is 0 Å². The fraction of sp³-hybridized carbons (Fsp3) is 0.375. The van der Waals surface area contributed by atoms with Crippen LogP contribution in [0.2, 0.25) is 0 Å². The molecule has 1 aromatic carbocycles. The van der Waals surface area contributed by atoms with Gasteiger partial charge in [0.2, 0.25) is 0 Å². The zero-order chi connectivity index (χ0) is 16.6. The first kappa shape index (κ1) is 15.6. The molecule has 1 unspecified atom stereocenters. The van der Waals surface area contributed by atoms with Crippen LogP contribution in [0.15, 0.2) is 18.2 Å². The normalized spacial score (nSPS) is 15.1. The first-order valence-electron chi connectivity index (χ1n) is 7.48. The molecule has 0 aliphatic carbocycles. The van der Waals surface area contributed by atoms with Gasteiger partial charge >= 0.3 is 0 Å². The number of aromatic amines is 1. The van der Waals surface area contributed by atoms with Gasteiger partial charge in [0.15, 0.2) is 5.69 Å². The van der Waals surface area contributed by atoms with Crippen molar-refractivity contribution in [2.45, 2.75) is 25.9 Å². The van der Waals surface area contributed by atoms with Crippen molar-refractivity contribution < 1.29 is 13.6 Å². The Morgan fingerprint density at radius 3 is 2.96 bits per heavy atom. The highest BCUT2D eigenvalue weighted by molar-refractivity contribution is 5.94. The van der Waals surface area contributed by atoms with Crippen LogP contribution in [0.25, 0.3) is 0 Å². The van der Waals surface area contributed by atoms with E-state index in [9.17, 15) is 13.6 Å². The van der Waals surface area contributed by atoms with Crippen LogP contribution in [0.4, 0.5) is 8.78 Å². The van der Waals surface area contributed by atoms with Crippen molar-refractivity contribution in [1.29, 1.82) is 0 Å². The number of carbonyl (C=O) groups excluding carboxylic acids is 1. The molecule has 1 aromatic heterocycles. The number of benzene rings is 1. The molecule has 0 fully saturated rings. The maximum Gasteiger partial charge on any atom is 0.274 e. The lowest BCUT2D eigenvalue weighted by Crippen LogP contribution is -2.32. The molecule has 3 rings (SSSR count). The second-order valence-corrected chi connectivity index (χ2v) is 5.71. The Balaban J connectivity index is 1.87. The molecule has 5 nitrogen and oxygen atoms in total. The molecule has 0 saturated heterocycles. The maximum absolute atomic E-state index is 13.9. The summed E-state index contributed by atoms with van der Waals surface area (Å²) in [5.74, 6) is -1.39. The summed E-state index contributed by atoms with van der Waals surface area (Å²) in [7, 11) is 1.56. The topological polar surface area (TPSA) is 61.0 Å². The number of nitrogens with one attached hydrogen (secondary N) is 2. The minimum atomic E-state index is -0.609. The van der Waals surface area contributed by atoms with E-state index in [0.29, 0.717) is 12.2 Å². The predicted octanol–water partition coefficient (Wildman–Crippen LogP) is 2.17. The Hall–Kier alpha value is -2.28. The second-order valence-electron chi connectivity index (χ2n) is 5.71. The zero-order valence-electron chi connectivity index (χ0n) is 13.0. The van der Waals surface area contributed by atoms with E-state index in [0.717, 1.165) is 42.4 Å². The average Bonchev–Trinajstić information content (AvgIpc) is 2.99. The number of amides is 1. The van der Waals surface area contributed by atoms with Crippen LogP contribution in [-0.4, -0.2) is 34.6 Å². The van der Waals surface area contributed by atoms with E-state index in [1.807, 2.05) is 0 Å². The SMILES string of the molecule is CC(c1cc(F)ccc1F)N(C)C(=O)c1n[nH]c2c1CNCC2. The lowest BCUT2D eigenvalue weighted by molar-refractivity contribution is 0.0733. The smallest absolute Gasteiger partial charge is 0.274 e. The Morgan fingerprint density at radius 2 is 2.17 bits per heavy atom. The van der Waals surface area contributed by atoms with Gasteiger partial charge in [-0.2, -0.15) is 5.10 Å². The molecule has 2 N–H and O–H groups in total. The number of nitrogens with zero attached hydrogens (tertiary/aromatic N) is 2. The van der Waals surface area contributed by atoms with Gasteiger partial charge in [-0.05, 0) is 25.1 Å². The third-order valence-corrected chi connectivity index (χ3v) is 4.32. The Morgan fingerprint density at radius 1 is 1.39 bits per heavy atom. The van der Waals surface area contributed by atoms with Crippen molar-refractivity contribution in [3.8, 4) is 0 Å². The van der Waals surface area contributed by atoms with E-state index in [1.165, 1.54) is 4.90 Å². The molecule has 0 radical (unpaired) electrons. The summed E-state index contributed by atoms with van der Waals surface area (Å²) in [5.41, 5.74) is 2.27. The Bertz CT molecular complexity index is 744. The van der Waals surface area contributed by atoms with Crippen molar-refractivity contribution >= 4 is 5.91 Å². The molecule has 1 aliphatic rings. The molecule has 2 heterocycles. The number of H-pyrrole nitrogens is 1. The predicted molar refractivity (Wildman–Crippen MR) is 80.9 cm³/mol. The van der Waals surface area contributed by atoms with Crippen molar-refractivity contribution in [2.75, 3.05) is 13.6 Å². The number of fused-ring (bicyclic) bond motifs is 1. The average molecular weight is 320 g/mol. The van der Waals surface area contributed by atoms with Crippen molar-refractivity contribution in [3.63, 3.8) is 0 Å². The molecule has 0 bridgehead atoms. The second kappa shape index (κ2) is 6.08. The molecule has 1 atom stereocenters. The number of hydrogen-bond acceptors (Lipinski definition) is 3. The van der Waals surface area contributed by atoms with Crippen LogP contribution in [-0.2, 0) is 13.0 Å². The van der Waals surface area contributed by atoms with Gasteiger partial charge < -0.3 is 10.2 Å². The number of carbonyl (C=O) groups is 1. The molecule has 122 valence electrons. The quantitative estimate of drug-likeness (QED) is 0.911. The fourth-order valence-corrected chi connectivity index (χ4v) is 2.79. The highest BCUT2D eigenvalue weighted by atomic mass is 19.1. The Labute approximate surface area is 132 Å². The zero-order valence-corrected chi connectivity index (χ0v) is 13.0. The van der Waals surface area contributed by atoms with Crippen LogP contribution < -0.4 is 5.32 Å². The maximum atomic E-state index is 13.9. The molecule has 0 spiro atoms. The number of halogens is 2. The van der Waals surface area contributed by atoms with Gasteiger partial charge in [0.1, 0.15) is 11.6 Å². The van der Waals surface area contributed by atoms with Crippen molar-refractivity contribution in [1.82, 2.24) is 20.4 Å². The van der Waals surface area contributed by atoms with E-state index in [2.05, 4.69) is 15.5 Å². The summed E-state index contributed by atoms with van der Waals surface area (Å²) in [4.78, 5) is 14.1. The largest absolute Gasteiger partial charge is 0.333 e. The summed E-state index contributed by atoms with van der Waals surface area (Å²) in [5, 5.41) is 10.2. The van der Waals surface area contributed by atoms with Crippen LogP contribution in [0.5, 0.6) is 0 Å². The number of rotatable bonds is 3. The number of hydrogen-bond donors (Lipinski definition) is 2. The van der Waals surface area contributed by atoms with Gasteiger partial charge in [-0.25, -0.2) is 8.78 Å². The van der Waals surface area contributed by atoms with E-state index >= 15 is 0 Å². The van der Waals surface area contributed by atoms with Crippen LogP contribution in [0.1, 0.15) is 40.3 Å². The van der Waals surface area contributed by atoms with E-state index < -0.39 is 17.7 Å². The molecular weight excluding hydrogens is 302 g/mol. The van der Waals surface area contributed by atoms with E-state index in [4.69, 9.17) is 0 Å². The summed E-state index contributed by atoms with van der Waals surface area (Å²) in [6.07, 6.45) is 0.785. The highest BCUT2D eigenvalue weighted by Crippen LogP contribution is 2.25. The van der Waals surface area contributed by atoms with Gasteiger partial charge in [-0.1, -0.05) is 0 Å². The van der Waals surface area contributed by atoms with E-state index in [1.54, 1.807) is 14.0 Å². The minimum Gasteiger partial charge on any atom is -0.333 e. The lowest BCUT2D eigenvalue weighted by Gasteiger charge is -2.25. The molecule has 1 aliphatic heterocycles. The van der Waals surface area contributed by atoms with Gasteiger partial charge in [0.05, 0.1) is 6.04 Å². The third-order valence-electron chi connectivity index (χ3n) is 4.32. The number of aromatic nitrogens is 2. The lowest BCUT2D eigenvalue weighted by atomic mass is 10.0. The summed E-state index contributed by atoms with van der Waals surface area (Å²) in [6.45, 7) is 3.07. The van der Waals surface area contributed by atoms with Gasteiger partial charge in [0, 0.05) is 43.4 Å². The molecule has 23 heavy (non-hydrogen) atoms. The molecular formula is C16H18F2N4O. The molecule has 2 aromatic rings. The molecule has 7 heteroatoms. The summed E-state index contributed by atoms with van der Waals surface area (Å²) >= 11 is 0. The monoisotopic (exact) mass is 320 g/mol. The third kappa shape index (κ3) is 2.84. The van der Waals surface area contributed by atoms with Crippen molar-refractivity contribution in [3.05, 3.63) is 52.3 Å². The molecule has 0 saturated carbocycles. The van der Waals surface area contributed by atoms with Crippen LogP contribution in [0, 0.1) is 11.6 Å². The Kier molecular flexibility index (Phi) is 4.12. The first-order chi connectivity index (χ1) is 11.0. The fourth-order valence-electron chi connectivity index (χ4n) is 2.79. The van der Waals surface area contributed by atoms with Crippen LogP contribution >= 0.6 is 0 Å². The van der Waals surface area contributed by atoms with Crippen LogP contribution in [0.3, 0.4) is 0 Å². The van der Waals surface area contributed by atoms with Crippen molar-refractivity contribution in [2.24, 2.45) is 0 Å². The standard InChI is InChI=1S/C16H18F2N4O/c1-9(11-7-10(17)3-4-13(11)18)22(2)16(23)15-12-8-19-6-5-14(12)20-21-15/h3-4,7,9,19H,5-6,8H2,1-2H3,(H,20,21). The summed E-state index contributed by atoms with van der Waals surface area (Å²) in [6, 6.07) is 2.64. The van der Waals surface area contributed by atoms with E-state index in [-0.39, 0.29) is 11.5 Å². The van der Waals surface area contributed by atoms with Gasteiger partial charge in [-0.3, -0.25) is 9.89 Å². The first-order valence-corrected chi connectivity index (χ1v) is 7.48. The summed E-state index contributed by atoms with van der Waals surface area (Å²) < 4.78 is 27.3. The highest BCUT2D eigenvalue weighted by Gasteiger charge is 2.27.